The maximum absolute atomic E-state index is 12.3. The molecule has 9 heteroatoms. The Kier molecular flexibility index (Phi) is 7.19. The van der Waals surface area contributed by atoms with E-state index in [1.54, 1.807) is 19.1 Å². The number of aryl methyl sites for hydroxylation is 1. The summed E-state index contributed by atoms with van der Waals surface area (Å²) >= 11 is 5.97. The summed E-state index contributed by atoms with van der Waals surface area (Å²) in [6, 6.07) is 7.11. The maximum atomic E-state index is 12.3. The summed E-state index contributed by atoms with van der Waals surface area (Å²) in [7, 11) is 0. The van der Waals surface area contributed by atoms with E-state index in [1.165, 1.54) is 6.92 Å². The minimum atomic E-state index is -0.907. The van der Waals surface area contributed by atoms with Crippen molar-refractivity contribution in [1.29, 1.82) is 0 Å². The zero-order valence-electron chi connectivity index (χ0n) is 15.8. The number of rotatable bonds is 8. The lowest BCUT2D eigenvalue weighted by Crippen LogP contribution is -2.30. The number of primary amides is 1. The minimum Gasteiger partial charge on any atom is -0.462 e. The summed E-state index contributed by atoms with van der Waals surface area (Å²) < 4.78 is 10.3. The summed E-state index contributed by atoms with van der Waals surface area (Å²) in [6.45, 7) is 5.04. The third-order valence-corrected chi connectivity index (χ3v) is 4.22. The van der Waals surface area contributed by atoms with Crippen molar-refractivity contribution < 1.29 is 23.5 Å². The van der Waals surface area contributed by atoms with Crippen LogP contribution in [0, 0.1) is 6.92 Å². The average molecular weight is 408 g/mol. The number of hydrogen-bond acceptors (Lipinski definition) is 6. The van der Waals surface area contributed by atoms with Gasteiger partial charge in [0, 0.05) is 11.1 Å². The summed E-state index contributed by atoms with van der Waals surface area (Å²) in [5, 5.41) is 6.10. The molecule has 1 aromatic carbocycles. The largest absolute Gasteiger partial charge is 0.462 e. The molecule has 0 saturated heterocycles. The van der Waals surface area contributed by atoms with Crippen molar-refractivity contribution in [2.45, 2.75) is 26.8 Å². The molecule has 1 aromatic heterocycles. The first-order valence-electron chi connectivity index (χ1n) is 8.63. The second-order valence-electron chi connectivity index (χ2n) is 6.03. The number of carbonyl (C=O) groups is 3. The Morgan fingerprint density at radius 3 is 2.61 bits per heavy atom. The maximum Gasteiger partial charge on any atom is 0.342 e. The number of furan rings is 1. The van der Waals surface area contributed by atoms with Crippen LogP contribution in [0.2, 0.25) is 5.02 Å². The van der Waals surface area contributed by atoms with Gasteiger partial charge in [0.05, 0.1) is 13.2 Å². The van der Waals surface area contributed by atoms with Crippen molar-refractivity contribution in [3.8, 4) is 0 Å². The fraction of sp³-hybridized carbons (Fsp3) is 0.316. The predicted octanol–water partition coefficient (Wildman–Crippen LogP) is 2.81. The number of halogens is 1. The second-order valence-corrected chi connectivity index (χ2v) is 6.46. The van der Waals surface area contributed by atoms with Gasteiger partial charge in [-0.15, -0.1) is 0 Å². The number of hydrogen-bond donors (Lipinski definition) is 3. The quantitative estimate of drug-likeness (QED) is 0.578. The summed E-state index contributed by atoms with van der Waals surface area (Å²) in [5.41, 5.74) is 5.97. The molecule has 0 aliphatic carbocycles. The van der Waals surface area contributed by atoms with E-state index in [9.17, 15) is 14.4 Å². The Balaban J connectivity index is 2.10. The first kappa shape index (κ1) is 21.5. The van der Waals surface area contributed by atoms with Crippen molar-refractivity contribution in [2.24, 2.45) is 5.73 Å². The van der Waals surface area contributed by atoms with Crippen LogP contribution in [0.1, 0.15) is 51.9 Å². The third-order valence-electron chi connectivity index (χ3n) is 3.98. The van der Waals surface area contributed by atoms with Crippen LogP contribution in [0.4, 0.5) is 5.88 Å². The lowest BCUT2D eigenvalue weighted by molar-refractivity contribution is -0.115. The smallest absolute Gasteiger partial charge is 0.342 e. The SMILES string of the molecule is CCOC(=O)c1c(C)oc(NC(=O)CN[C@@H](C)c2cccc(Cl)c2)c1C(N)=O. The number of esters is 1. The summed E-state index contributed by atoms with van der Waals surface area (Å²) in [5.74, 6) is -2.18. The number of anilines is 1. The average Bonchev–Trinajstić information content (AvgIpc) is 2.95. The van der Waals surface area contributed by atoms with Crippen LogP contribution >= 0.6 is 11.6 Å². The van der Waals surface area contributed by atoms with Crippen molar-refractivity contribution in [2.75, 3.05) is 18.5 Å². The molecule has 0 spiro atoms. The van der Waals surface area contributed by atoms with Crippen molar-refractivity contribution in [3.05, 3.63) is 51.7 Å². The summed E-state index contributed by atoms with van der Waals surface area (Å²) in [6.07, 6.45) is 0. The molecule has 0 bridgehead atoms. The molecule has 2 amide bonds. The van der Waals surface area contributed by atoms with Crippen LogP contribution in [0.15, 0.2) is 28.7 Å². The van der Waals surface area contributed by atoms with Crippen LogP contribution in [-0.4, -0.2) is 30.9 Å². The molecule has 2 rings (SSSR count). The van der Waals surface area contributed by atoms with Gasteiger partial charge in [-0.2, -0.15) is 0 Å². The highest BCUT2D eigenvalue weighted by molar-refractivity contribution is 6.30. The third kappa shape index (κ3) is 5.11. The standard InChI is InChI=1S/C19H22ClN3O5/c1-4-27-19(26)15-11(3)28-18(16(15)17(21)25)23-14(24)9-22-10(2)12-6-5-7-13(20)8-12/h5-8,10,22H,4,9H2,1-3H3,(H2,21,25)(H,23,24)/t10-/m0/s1. The minimum absolute atomic E-state index is 0.0691. The first-order valence-corrected chi connectivity index (χ1v) is 9.01. The number of nitrogens with two attached hydrogens (primary N) is 1. The molecule has 0 radical (unpaired) electrons. The molecule has 1 heterocycles. The van der Waals surface area contributed by atoms with Gasteiger partial charge >= 0.3 is 5.97 Å². The van der Waals surface area contributed by atoms with Gasteiger partial charge < -0.3 is 20.2 Å². The molecule has 150 valence electrons. The zero-order valence-corrected chi connectivity index (χ0v) is 16.6. The number of carbonyl (C=O) groups excluding carboxylic acids is 3. The van der Waals surface area contributed by atoms with Crippen LogP contribution in [-0.2, 0) is 9.53 Å². The van der Waals surface area contributed by atoms with Gasteiger partial charge in [-0.05, 0) is 38.5 Å². The molecule has 1 atom stereocenters. The Morgan fingerprint density at radius 2 is 2.00 bits per heavy atom. The van der Waals surface area contributed by atoms with Gasteiger partial charge in [0.1, 0.15) is 16.9 Å². The van der Waals surface area contributed by atoms with E-state index in [-0.39, 0.29) is 42.0 Å². The van der Waals surface area contributed by atoms with Gasteiger partial charge in [0.2, 0.25) is 11.8 Å². The first-order chi connectivity index (χ1) is 13.2. The monoisotopic (exact) mass is 407 g/mol. The van der Waals surface area contributed by atoms with E-state index in [1.807, 2.05) is 19.1 Å². The Hall–Kier alpha value is -2.84. The molecular formula is C19H22ClN3O5. The molecule has 0 aliphatic rings. The highest BCUT2D eigenvalue weighted by atomic mass is 35.5. The Labute approximate surface area is 167 Å². The van der Waals surface area contributed by atoms with E-state index in [0.717, 1.165) is 5.56 Å². The molecule has 0 saturated carbocycles. The van der Waals surface area contributed by atoms with E-state index < -0.39 is 17.8 Å². The van der Waals surface area contributed by atoms with Gasteiger partial charge in [0.25, 0.3) is 5.91 Å². The highest BCUT2D eigenvalue weighted by Crippen LogP contribution is 2.27. The summed E-state index contributed by atoms with van der Waals surface area (Å²) in [4.78, 5) is 36.1. The number of nitrogens with one attached hydrogen (secondary N) is 2. The van der Waals surface area contributed by atoms with E-state index in [0.29, 0.717) is 5.02 Å². The molecule has 0 unspecified atom stereocenters. The fourth-order valence-corrected chi connectivity index (χ4v) is 2.83. The topological polar surface area (TPSA) is 124 Å². The fourth-order valence-electron chi connectivity index (χ4n) is 2.63. The Bertz CT molecular complexity index is 894. The van der Waals surface area contributed by atoms with Gasteiger partial charge in [-0.1, -0.05) is 23.7 Å². The molecule has 8 nitrogen and oxygen atoms in total. The Morgan fingerprint density at radius 1 is 1.29 bits per heavy atom. The molecule has 4 N–H and O–H groups in total. The number of benzene rings is 1. The van der Waals surface area contributed by atoms with Crippen LogP contribution < -0.4 is 16.4 Å². The van der Waals surface area contributed by atoms with E-state index in [4.69, 9.17) is 26.5 Å². The molecule has 0 aliphatic heterocycles. The van der Waals surface area contributed by atoms with Gasteiger partial charge in [-0.3, -0.25) is 14.9 Å². The number of amides is 2. The second kappa shape index (κ2) is 9.38. The lowest BCUT2D eigenvalue weighted by atomic mass is 10.1. The van der Waals surface area contributed by atoms with Gasteiger partial charge in [-0.25, -0.2) is 4.79 Å². The van der Waals surface area contributed by atoms with Gasteiger partial charge in [0.15, 0.2) is 0 Å². The van der Waals surface area contributed by atoms with Crippen LogP contribution in [0.5, 0.6) is 0 Å². The molecular weight excluding hydrogens is 386 g/mol. The van der Waals surface area contributed by atoms with E-state index in [2.05, 4.69) is 10.6 Å². The highest BCUT2D eigenvalue weighted by Gasteiger charge is 2.29. The normalized spacial score (nSPS) is 11.7. The zero-order chi connectivity index (χ0) is 20.8. The van der Waals surface area contributed by atoms with E-state index >= 15 is 0 Å². The van der Waals surface area contributed by atoms with Crippen LogP contribution in [0.3, 0.4) is 0 Å². The number of ether oxygens (including phenoxy) is 1. The van der Waals surface area contributed by atoms with Crippen LogP contribution in [0.25, 0.3) is 0 Å². The van der Waals surface area contributed by atoms with Crippen molar-refractivity contribution in [3.63, 3.8) is 0 Å². The molecule has 2 aromatic rings. The molecule has 28 heavy (non-hydrogen) atoms. The predicted molar refractivity (Wildman–Crippen MR) is 104 cm³/mol. The van der Waals surface area contributed by atoms with Crippen molar-refractivity contribution >= 4 is 35.3 Å². The lowest BCUT2D eigenvalue weighted by Gasteiger charge is -2.14. The molecule has 0 fully saturated rings. The van der Waals surface area contributed by atoms with Crippen molar-refractivity contribution in [1.82, 2.24) is 5.32 Å².